The van der Waals surface area contributed by atoms with E-state index >= 15 is 0 Å². The Morgan fingerprint density at radius 3 is 2.78 bits per heavy atom. The summed E-state index contributed by atoms with van der Waals surface area (Å²) in [7, 11) is 1.64. The number of amidine groups is 1. The van der Waals surface area contributed by atoms with Gasteiger partial charge in [-0.15, -0.1) is 0 Å². The number of nitrogens with zero attached hydrogens (tertiary/aromatic N) is 3. The van der Waals surface area contributed by atoms with Crippen LogP contribution in [0.4, 0.5) is 0 Å². The summed E-state index contributed by atoms with van der Waals surface area (Å²) >= 11 is 5.82. The highest BCUT2D eigenvalue weighted by atomic mass is 35.5. The van der Waals surface area contributed by atoms with Crippen LogP contribution in [0, 0.1) is 0 Å². The minimum Gasteiger partial charge on any atom is -0.465 e. The van der Waals surface area contributed by atoms with Gasteiger partial charge in [-0.25, -0.2) is 4.98 Å². The molecule has 27 heavy (non-hydrogen) atoms. The zero-order valence-electron chi connectivity index (χ0n) is 15.6. The van der Waals surface area contributed by atoms with Crippen molar-refractivity contribution in [1.29, 1.82) is 0 Å². The molecule has 1 atom stereocenters. The molecule has 0 fully saturated rings. The highest BCUT2D eigenvalue weighted by molar-refractivity contribution is 6.30. The van der Waals surface area contributed by atoms with Crippen molar-refractivity contribution < 1.29 is 19.5 Å². The third-order valence-corrected chi connectivity index (χ3v) is 3.50. The van der Waals surface area contributed by atoms with Crippen molar-refractivity contribution in [3.8, 4) is 5.88 Å². The van der Waals surface area contributed by atoms with Crippen molar-refractivity contribution in [2.24, 2.45) is 10.9 Å². The maximum Gasteiger partial charge on any atom is 0.323 e. The van der Waals surface area contributed by atoms with E-state index in [9.17, 15) is 10.0 Å². The summed E-state index contributed by atoms with van der Waals surface area (Å²) in [6, 6.07) is 2.35. The summed E-state index contributed by atoms with van der Waals surface area (Å²) in [5.74, 6) is 0.403. The number of ether oxygens (including phenoxy) is 2. The zero-order valence-corrected chi connectivity index (χ0v) is 16.4. The number of allylic oxidation sites excluding steroid dienone is 2. The lowest BCUT2D eigenvalue weighted by Gasteiger charge is -2.19. The minimum atomic E-state index is -0.944. The van der Waals surface area contributed by atoms with Crippen LogP contribution < -0.4 is 10.5 Å². The molecular weight excluding hydrogens is 372 g/mol. The number of carbonyl (C=O) groups is 1. The molecule has 0 saturated heterocycles. The number of oxime groups is 1. The number of esters is 1. The summed E-state index contributed by atoms with van der Waals surface area (Å²) in [4.78, 5) is 17.3. The van der Waals surface area contributed by atoms with Gasteiger partial charge >= 0.3 is 5.97 Å². The summed E-state index contributed by atoms with van der Waals surface area (Å²) in [6.45, 7) is 3.90. The topological polar surface area (TPSA) is 110 Å². The number of rotatable bonds is 9. The number of hydrogen-bond donors (Lipinski definition) is 2. The Kier molecular flexibility index (Phi) is 9.92. The van der Waals surface area contributed by atoms with E-state index in [4.69, 9.17) is 26.8 Å². The van der Waals surface area contributed by atoms with Gasteiger partial charge in [-0.05, 0) is 25.5 Å². The van der Waals surface area contributed by atoms with Crippen LogP contribution in [0.15, 0.2) is 47.6 Å². The Bertz CT molecular complexity index is 689. The fourth-order valence-corrected chi connectivity index (χ4v) is 2.04. The number of pyridine rings is 1. The molecule has 0 aliphatic carbocycles. The monoisotopic (exact) mass is 396 g/mol. The smallest absolute Gasteiger partial charge is 0.323 e. The van der Waals surface area contributed by atoms with Crippen LogP contribution in [0.1, 0.15) is 26.7 Å². The Morgan fingerprint density at radius 1 is 1.48 bits per heavy atom. The molecule has 1 heterocycles. The van der Waals surface area contributed by atoms with Crippen LogP contribution >= 0.6 is 11.6 Å². The molecule has 0 spiro atoms. The largest absolute Gasteiger partial charge is 0.465 e. The zero-order chi connectivity index (χ0) is 20.2. The van der Waals surface area contributed by atoms with Crippen LogP contribution in [0.2, 0.25) is 5.02 Å². The molecule has 1 aromatic heterocycles. The molecule has 0 aliphatic rings. The van der Waals surface area contributed by atoms with Crippen molar-refractivity contribution in [1.82, 2.24) is 9.88 Å². The van der Waals surface area contributed by atoms with E-state index in [0.717, 1.165) is 6.42 Å². The molecule has 3 N–H and O–H groups in total. The van der Waals surface area contributed by atoms with E-state index in [0.29, 0.717) is 16.7 Å². The van der Waals surface area contributed by atoms with E-state index in [2.05, 4.69) is 10.1 Å². The summed E-state index contributed by atoms with van der Waals surface area (Å²) in [5.41, 5.74) is 5.78. The lowest BCUT2D eigenvalue weighted by atomic mass is 10.2. The normalized spacial score (nSPS) is 13.5. The van der Waals surface area contributed by atoms with Crippen LogP contribution in [0.5, 0.6) is 5.88 Å². The van der Waals surface area contributed by atoms with Gasteiger partial charge in [0, 0.05) is 31.9 Å². The molecule has 0 unspecified atom stereocenters. The third-order valence-electron chi connectivity index (χ3n) is 3.28. The predicted molar refractivity (Wildman–Crippen MR) is 104 cm³/mol. The molecular formula is C18H25ClN4O4. The maximum atomic E-state index is 11.7. The van der Waals surface area contributed by atoms with Crippen LogP contribution in [-0.4, -0.2) is 46.6 Å². The fraction of sp³-hybridized carbons (Fsp3) is 0.389. The Balaban J connectivity index is 2.93. The molecule has 0 aliphatic heterocycles. The molecule has 0 aromatic carbocycles. The Labute approximate surface area is 163 Å². The first kappa shape index (κ1) is 22.5. The second-order valence-corrected chi connectivity index (χ2v) is 5.89. The first-order valence-corrected chi connectivity index (χ1v) is 8.82. The van der Waals surface area contributed by atoms with Gasteiger partial charge in [0.25, 0.3) is 0 Å². The quantitative estimate of drug-likeness (QED) is 0.125. The first-order valence-electron chi connectivity index (χ1n) is 8.44. The van der Waals surface area contributed by atoms with Crippen LogP contribution in [0.25, 0.3) is 0 Å². The van der Waals surface area contributed by atoms with E-state index < -0.39 is 12.0 Å². The molecule has 0 amide bonds. The van der Waals surface area contributed by atoms with Gasteiger partial charge in [0.2, 0.25) is 5.88 Å². The second kappa shape index (κ2) is 11.9. The van der Waals surface area contributed by atoms with Crippen molar-refractivity contribution in [3.63, 3.8) is 0 Å². The lowest BCUT2D eigenvalue weighted by molar-refractivity contribution is -0.144. The Morgan fingerprint density at radius 2 is 2.22 bits per heavy atom. The van der Waals surface area contributed by atoms with Crippen molar-refractivity contribution in [2.45, 2.75) is 32.7 Å². The minimum absolute atomic E-state index is 0.00764. The van der Waals surface area contributed by atoms with Gasteiger partial charge in [-0.3, -0.25) is 4.79 Å². The standard InChI is InChI=1S/C18H25ClN4O4/c1-4-6-7-14(27-17-9-8-13(19)11-21-17)12-23(3)16(22-25)10-15(20)18(24)26-5-2/h6-9,11-12,15,25H,4-5,10,20H2,1-3H3/b7-6-,14-12+,22-16-/t15-/m0/s1. The first-order chi connectivity index (χ1) is 12.9. The number of aromatic nitrogens is 1. The molecule has 9 heteroatoms. The van der Waals surface area contributed by atoms with E-state index in [1.807, 2.05) is 13.0 Å². The van der Waals surface area contributed by atoms with E-state index in [-0.39, 0.29) is 18.9 Å². The summed E-state index contributed by atoms with van der Waals surface area (Å²) in [6.07, 6.45) is 7.51. The average Bonchev–Trinajstić information content (AvgIpc) is 2.65. The van der Waals surface area contributed by atoms with Gasteiger partial charge < -0.3 is 25.3 Å². The van der Waals surface area contributed by atoms with E-state index in [1.54, 1.807) is 38.4 Å². The average molecular weight is 397 g/mol. The van der Waals surface area contributed by atoms with Crippen LogP contribution in [0.3, 0.4) is 0 Å². The molecule has 1 rings (SSSR count). The molecule has 0 radical (unpaired) electrons. The lowest BCUT2D eigenvalue weighted by Crippen LogP contribution is -2.38. The number of carbonyl (C=O) groups excluding carboxylic acids is 1. The Hall–Kier alpha value is -2.58. The maximum absolute atomic E-state index is 11.7. The predicted octanol–water partition coefficient (Wildman–Crippen LogP) is 2.92. The highest BCUT2D eigenvalue weighted by Crippen LogP contribution is 2.15. The summed E-state index contributed by atoms with van der Waals surface area (Å²) in [5, 5.41) is 13.0. The molecule has 1 aromatic rings. The van der Waals surface area contributed by atoms with Gasteiger partial charge in [-0.2, -0.15) is 0 Å². The van der Waals surface area contributed by atoms with E-state index in [1.165, 1.54) is 11.1 Å². The molecule has 148 valence electrons. The van der Waals surface area contributed by atoms with Gasteiger partial charge in [0.1, 0.15) is 17.6 Å². The van der Waals surface area contributed by atoms with Crippen molar-refractivity contribution in [2.75, 3.05) is 13.7 Å². The molecule has 8 nitrogen and oxygen atoms in total. The third kappa shape index (κ3) is 8.10. The van der Waals surface area contributed by atoms with Gasteiger partial charge in [0.15, 0.2) is 0 Å². The summed E-state index contributed by atoms with van der Waals surface area (Å²) < 4.78 is 10.6. The second-order valence-electron chi connectivity index (χ2n) is 5.45. The van der Waals surface area contributed by atoms with Crippen molar-refractivity contribution in [3.05, 3.63) is 47.5 Å². The molecule has 0 saturated carbocycles. The number of halogens is 1. The van der Waals surface area contributed by atoms with Crippen LogP contribution in [-0.2, 0) is 9.53 Å². The van der Waals surface area contributed by atoms with Gasteiger partial charge in [0.05, 0.1) is 11.6 Å². The van der Waals surface area contributed by atoms with Gasteiger partial charge in [-0.1, -0.05) is 29.8 Å². The van der Waals surface area contributed by atoms with Crippen molar-refractivity contribution >= 4 is 23.4 Å². The molecule has 0 bridgehead atoms. The SMILES string of the molecule is CC/C=C\C(=C/N(C)/C(C[C@H](N)C(=O)OCC)=N\O)Oc1ccc(Cl)cn1. The highest BCUT2D eigenvalue weighted by Gasteiger charge is 2.20. The number of hydrogen-bond acceptors (Lipinski definition) is 7. The fourth-order valence-electron chi connectivity index (χ4n) is 1.93. The number of nitrogens with two attached hydrogens (primary N) is 1.